The van der Waals surface area contributed by atoms with Gasteiger partial charge in [0.1, 0.15) is 6.04 Å². The highest BCUT2D eigenvalue weighted by Gasteiger charge is 2.32. The van der Waals surface area contributed by atoms with Crippen LogP contribution in [0.25, 0.3) is 0 Å². The van der Waals surface area contributed by atoms with Crippen LogP contribution in [-0.2, 0) is 22.4 Å². The molecule has 2 heterocycles. The second-order valence-electron chi connectivity index (χ2n) is 4.59. The monoisotopic (exact) mass is 329 g/mol. The molecule has 1 atom stereocenters. The summed E-state index contributed by atoms with van der Waals surface area (Å²) in [6, 6.07) is 7.23. The number of ether oxygens (including phenoxy) is 1. The molecule has 1 aliphatic rings. The van der Waals surface area contributed by atoms with Crippen molar-refractivity contribution in [2.24, 2.45) is 0 Å². The molecule has 2 aromatic rings. The molecule has 1 unspecified atom stereocenters. The van der Waals surface area contributed by atoms with Crippen LogP contribution in [0.5, 0.6) is 0 Å². The zero-order valence-electron chi connectivity index (χ0n) is 15.3. The zero-order chi connectivity index (χ0) is 18.4. The van der Waals surface area contributed by atoms with Gasteiger partial charge in [-0.05, 0) is 35.0 Å². The van der Waals surface area contributed by atoms with Crippen molar-refractivity contribution in [3.8, 4) is 0 Å². The number of rotatable bonds is 3. The lowest BCUT2D eigenvalue weighted by Crippen LogP contribution is -2.38. The van der Waals surface area contributed by atoms with E-state index >= 15 is 0 Å². The molecule has 0 bridgehead atoms. The maximum Gasteiger partial charge on any atom is 0.327 e. The number of methoxy groups -OCH3 is 1. The van der Waals surface area contributed by atoms with Gasteiger partial charge in [-0.25, -0.2) is 4.79 Å². The summed E-state index contributed by atoms with van der Waals surface area (Å²) in [4.78, 5) is 14.0. The largest absolute Gasteiger partial charge is 0.468 e. The van der Waals surface area contributed by atoms with Crippen molar-refractivity contribution < 1.29 is 15.0 Å². The van der Waals surface area contributed by atoms with Crippen molar-refractivity contribution in [1.82, 2.24) is 4.90 Å². The Morgan fingerprint density at radius 3 is 3.05 bits per heavy atom. The van der Waals surface area contributed by atoms with Crippen LogP contribution in [0.4, 0.5) is 0 Å². The Balaban J connectivity index is 2.17. The Bertz CT molecular complexity index is 811. The number of hydrogen-bond acceptors (Lipinski definition) is 4. The summed E-state index contributed by atoms with van der Waals surface area (Å²) in [5.41, 5.74) is 1.04. The van der Waals surface area contributed by atoms with Crippen LogP contribution in [0.1, 0.15) is 27.5 Å². The summed E-state index contributed by atoms with van der Waals surface area (Å²) in [5, 5.41) is 2.02. The molecule has 3 rings (SSSR count). The maximum atomic E-state index is 12.5. The van der Waals surface area contributed by atoms with Gasteiger partial charge in [-0.3, -0.25) is 4.90 Å². The van der Waals surface area contributed by atoms with E-state index < -0.39 is 24.9 Å². The standard InChI is InChI=1S/C16H16ClNO2S/c1-20-16(19)15(12-4-2-3-5-13(12)17)18-8-6-14-11(10-18)7-9-21-14/h2-5,7,9,15H,6,8,10H2,1H3/i6T2,8T2. The summed E-state index contributed by atoms with van der Waals surface area (Å²) in [6.07, 6.45) is -2.28. The Labute approximate surface area is 138 Å². The summed E-state index contributed by atoms with van der Waals surface area (Å²) < 4.78 is 38.5. The van der Waals surface area contributed by atoms with E-state index in [4.69, 9.17) is 21.8 Å². The van der Waals surface area contributed by atoms with Gasteiger partial charge in [0, 0.05) is 28.4 Å². The Hall–Kier alpha value is -1.36. The zero-order valence-corrected chi connectivity index (χ0v) is 12.9. The van der Waals surface area contributed by atoms with Crippen molar-refractivity contribution in [1.29, 1.82) is 0 Å². The number of aryl methyl sites for hydroxylation is 1. The highest BCUT2D eigenvalue weighted by molar-refractivity contribution is 7.10. The number of halogens is 1. The fraction of sp³-hybridized carbons (Fsp3) is 0.312. The van der Waals surface area contributed by atoms with Crippen molar-refractivity contribution >= 4 is 28.9 Å². The fourth-order valence-electron chi connectivity index (χ4n) is 2.30. The lowest BCUT2D eigenvalue weighted by molar-refractivity contribution is -0.147. The molecule has 0 N–H and O–H groups in total. The highest BCUT2D eigenvalue weighted by atomic mass is 35.5. The topological polar surface area (TPSA) is 29.5 Å². The number of nitrogens with zero attached hydrogens (tertiary/aromatic N) is 1. The minimum absolute atomic E-state index is 0.0797. The normalized spacial score (nSPS) is 23.9. The summed E-state index contributed by atoms with van der Waals surface area (Å²) in [6.45, 7) is -2.35. The molecule has 1 aromatic carbocycles. The van der Waals surface area contributed by atoms with Crippen LogP contribution >= 0.6 is 22.9 Å². The Morgan fingerprint density at radius 1 is 1.48 bits per heavy atom. The molecule has 0 amide bonds. The van der Waals surface area contributed by atoms with Crippen molar-refractivity contribution in [3.05, 3.63) is 56.7 Å². The number of hydrogen-bond donors (Lipinski definition) is 0. The number of thiophene rings is 1. The predicted octanol–water partition coefficient (Wildman–Crippen LogP) is 3.67. The second kappa shape index (κ2) is 6.18. The number of benzene rings is 1. The van der Waals surface area contributed by atoms with E-state index in [-0.39, 0.29) is 6.54 Å². The minimum atomic E-state index is -2.43. The van der Waals surface area contributed by atoms with Crippen LogP contribution in [0.3, 0.4) is 0 Å². The van der Waals surface area contributed by atoms with E-state index in [1.807, 2.05) is 0 Å². The quantitative estimate of drug-likeness (QED) is 0.805. The maximum absolute atomic E-state index is 12.5. The fourth-order valence-corrected chi connectivity index (χ4v) is 3.30. The second-order valence-corrected chi connectivity index (χ2v) is 5.91. The van der Waals surface area contributed by atoms with Crippen LogP contribution in [0.15, 0.2) is 35.7 Å². The molecule has 0 spiro atoms. The van der Waals surface area contributed by atoms with E-state index in [0.29, 0.717) is 21.0 Å². The lowest BCUT2D eigenvalue weighted by Gasteiger charge is -2.33. The molecule has 21 heavy (non-hydrogen) atoms. The molecule has 0 saturated heterocycles. The molecule has 1 aliphatic heterocycles. The van der Waals surface area contributed by atoms with E-state index in [1.54, 1.807) is 35.7 Å². The van der Waals surface area contributed by atoms with Crippen LogP contribution in [0.2, 0.25) is 5.02 Å². The first-order valence-electron chi connectivity index (χ1n) is 8.37. The van der Waals surface area contributed by atoms with Gasteiger partial charge in [0.25, 0.3) is 0 Å². The van der Waals surface area contributed by atoms with Crippen molar-refractivity contribution in [2.75, 3.05) is 13.6 Å². The smallest absolute Gasteiger partial charge is 0.327 e. The molecule has 0 radical (unpaired) electrons. The molecule has 0 fully saturated rings. The molecular weight excluding hydrogens is 306 g/mol. The van der Waals surface area contributed by atoms with Gasteiger partial charge < -0.3 is 4.74 Å². The average Bonchev–Trinajstić information content (AvgIpc) is 3.03. The molecule has 1 aromatic heterocycles. The minimum Gasteiger partial charge on any atom is -0.468 e. The van der Waals surface area contributed by atoms with Crippen LogP contribution in [0, 0.1) is 0 Å². The third kappa shape index (κ3) is 2.84. The first kappa shape index (κ1) is 10.4. The number of esters is 1. The Morgan fingerprint density at radius 2 is 2.29 bits per heavy atom. The van der Waals surface area contributed by atoms with E-state index in [9.17, 15) is 4.79 Å². The summed E-state index contributed by atoms with van der Waals surface area (Å²) in [5.74, 6) is -0.688. The van der Waals surface area contributed by atoms with Gasteiger partial charge in [0.15, 0.2) is 0 Å². The van der Waals surface area contributed by atoms with E-state index in [0.717, 1.165) is 0 Å². The van der Waals surface area contributed by atoms with Gasteiger partial charge >= 0.3 is 5.97 Å². The molecule has 110 valence electrons. The van der Waals surface area contributed by atoms with Crippen LogP contribution in [-0.4, -0.2) is 24.5 Å². The van der Waals surface area contributed by atoms with Crippen molar-refractivity contribution in [3.63, 3.8) is 0 Å². The van der Waals surface area contributed by atoms with Gasteiger partial charge in [-0.1, -0.05) is 29.8 Å². The first-order chi connectivity index (χ1) is 11.7. The molecule has 5 heteroatoms. The first-order valence-corrected chi connectivity index (χ1v) is 7.63. The van der Waals surface area contributed by atoms with Gasteiger partial charge in [0.05, 0.1) is 7.11 Å². The third-order valence-electron chi connectivity index (χ3n) is 3.34. The molecular formula is C16H16ClNO2S. The van der Waals surface area contributed by atoms with E-state index in [1.165, 1.54) is 23.3 Å². The van der Waals surface area contributed by atoms with Gasteiger partial charge in [-0.2, -0.15) is 0 Å². The molecule has 0 aliphatic carbocycles. The third-order valence-corrected chi connectivity index (χ3v) is 4.55. The van der Waals surface area contributed by atoms with Crippen molar-refractivity contribution in [2.45, 2.75) is 19.0 Å². The SMILES string of the molecule is [3H]C1([3H])c2sccc2CN(C(C(=O)OC)c2ccccc2Cl)C1([3H])[3H]. The summed E-state index contributed by atoms with van der Waals surface area (Å²) >= 11 is 7.41. The molecule has 0 saturated carbocycles. The predicted molar refractivity (Wildman–Crippen MR) is 84.6 cm³/mol. The van der Waals surface area contributed by atoms with Crippen LogP contribution < -0.4 is 0 Å². The number of carbonyl (C=O) groups excluding carboxylic acids is 1. The summed E-state index contributed by atoms with van der Waals surface area (Å²) in [7, 11) is 1.22. The van der Waals surface area contributed by atoms with Gasteiger partial charge in [0.2, 0.25) is 0 Å². The number of fused-ring (bicyclic) bond motifs is 1. The highest BCUT2D eigenvalue weighted by Crippen LogP contribution is 2.33. The Kier molecular flexibility index (Phi) is 3.05. The lowest BCUT2D eigenvalue weighted by atomic mass is 10.0. The number of carbonyl (C=O) groups is 1. The molecule has 3 nitrogen and oxygen atoms in total. The van der Waals surface area contributed by atoms with Gasteiger partial charge in [-0.15, -0.1) is 11.3 Å². The van der Waals surface area contributed by atoms with E-state index in [2.05, 4.69) is 0 Å². The average molecular weight is 330 g/mol.